The fourth-order valence-electron chi connectivity index (χ4n) is 3.15. The molecule has 1 atom stereocenters. The molecule has 2 heterocycles. The Labute approximate surface area is 120 Å². The first-order chi connectivity index (χ1) is 9.54. The van der Waals surface area contributed by atoms with Crippen molar-refractivity contribution >= 4 is 11.5 Å². The molecule has 1 aliphatic heterocycles. The summed E-state index contributed by atoms with van der Waals surface area (Å²) in [4.78, 5) is 6.77. The highest BCUT2D eigenvalue weighted by molar-refractivity contribution is 6.01. The van der Waals surface area contributed by atoms with Gasteiger partial charge in [-0.05, 0) is 45.6 Å². The molecule has 1 aromatic heterocycles. The number of aromatic nitrogens is 1. The zero-order chi connectivity index (χ0) is 14.7. The number of nitrogens with one attached hydrogen (secondary N) is 1. The van der Waals surface area contributed by atoms with Crippen molar-refractivity contribution in [3.8, 4) is 0 Å². The predicted octanol–water partition coefficient (Wildman–Crippen LogP) is 1.72. The van der Waals surface area contributed by atoms with Gasteiger partial charge < -0.3 is 15.7 Å². The van der Waals surface area contributed by atoms with Crippen molar-refractivity contribution in [1.29, 1.82) is 5.41 Å². The number of amidine groups is 1. The Bertz CT molecular complexity index is 501. The third-order valence-corrected chi connectivity index (χ3v) is 3.96. The molecule has 1 saturated heterocycles. The topological polar surface area (TPSA) is 86.2 Å². The second kappa shape index (κ2) is 6.22. The molecule has 0 saturated carbocycles. The van der Waals surface area contributed by atoms with Gasteiger partial charge in [0.1, 0.15) is 5.84 Å². The van der Waals surface area contributed by atoms with E-state index in [1.54, 1.807) is 0 Å². The van der Waals surface area contributed by atoms with E-state index in [4.69, 9.17) is 16.2 Å². The lowest BCUT2D eigenvalue weighted by Gasteiger charge is -2.29. The van der Waals surface area contributed by atoms with E-state index in [-0.39, 0.29) is 12.4 Å². The van der Waals surface area contributed by atoms with Crippen molar-refractivity contribution in [2.75, 3.05) is 18.1 Å². The van der Waals surface area contributed by atoms with Crippen molar-refractivity contribution in [3.05, 3.63) is 23.0 Å². The van der Waals surface area contributed by atoms with Gasteiger partial charge in [-0.2, -0.15) is 0 Å². The lowest BCUT2D eigenvalue weighted by Crippen LogP contribution is -2.32. The number of aliphatic hydroxyl groups is 1. The standard InChI is InChI=1S/C15H24N4O/c1-10-9-13(14(15(16)17)11(2)18-10)19-7-3-5-12(19)6-4-8-20/h9,12,20H,3-8H2,1-2H3,(H3,16,17). The van der Waals surface area contributed by atoms with E-state index < -0.39 is 0 Å². The van der Waals surface area contributed by atoms with E-state index in [1.165, 1.54) is 0 Å². The number of nitrogen functional groups attached to an aromatic ring is 1. The van der Waals surface area contributed by atoms with E-state index in [2.05, 4.69) is 9.88 Å². The minimum absolute atomic E-state index is 0.0813. The number of hydrogen-bond acceptors (Lipinski definition) is 4. The lowest BCUT2D eigenvalue weighted by atomic mass is 10.1. The van der Waals surface area contributed by atoms with Gasteiger partial charge >= 0.3 is 0 Å². The van der Waals surface area contributed by atoms with Crippen molar-refractivity contribution < 1.29 is 5.11 Å². The highest BCUT2D eigenvalue weighted by atomic mass is 16.2. The molecule has 1 fully saturated rings. The fraction of sp³-hybridized carbons (Fsp3) is 0.600. The summed E-state index contributed by atoms with van der Waals surface area (Å²) in [7, 11) is 0. The van der Waals surface area contributed by atoms with Crippen LogP contribution in [0.5, 0.6) is 0 Å². The van der Waals surface area contributed by atoms with Gasteiger partial charge in [0.2, 0.25) is 0 Å². The second-order valence-corrected chi connectivity index (χ2v) is 5.51. The van der Waals surface area contributed by atoms with Crippen LogP contribution in [0.1, 0.15) is 42.6 Å². The summed E-state index contributed by atoms with van der Waals surface area (Å²) in [6.45, 7) is 5.10. The van der Waals surface area contributed by atoms with Gasteiger partial charge in [-0.25, -0.2) is 0 Å². The van der Waals surface area contributed by atoms with E-state index >= 15 is 0 Å². The largest absolute Gasteiger partial charge is 0.396 e. The van der Waals surface area contributed by atoms with Crippen LogP contribution in [0.2, 0.25) is 0 Å². The molecule has 1 aliphatic rings. The second-order valence-electron chi connectivity index (χ2n) is 5.51. The third kappa shape index (κ3) is 2.93. The normalized spacial score (nSPS) is 18.6. The summed E-state index contributed by atoms with van der Waals surface area (Å²) in [5, 5.41) is 16.9. The Kier molecular flexibility index (Phi) is 4.60. The van der Waals surface area contributed by atoms with Crippen LogP contribution < -0.4 is 10.6 Å². The van der Waals surface area contributed by atoms with Crippen LogP contribution in [0.25, 0.3) is 0 Å². The van der Waals surface area contributed by atoms with E-state index in [9.17, 15) is 0 Å². The molecule has 0 aliphatic carbocycles. The van der Waals surface area contributed by atoms with Gasteiger partial charge in [0, 0.05) is 24.9 Å². The lowest BCUT2D eigenvalue weighted by molar-refractivity contribution is 0.279. The summed E-state index contributed by atoms with van der Waals surface area (Å²) in [6.07, 6.45) is 4.08. The Morgan fingerprint density at radius 1 is 1.55 bits per heavy atom. The third-order valence-electron chi connectivity index (χ3n) is 3.96. The Balaban J connectivity index is 2.37. The zero-order valence-electron chi connectivity index (χ0n) is 12.3. The summed E-state index contributed by atoms with van der Waals surface area (Å²) < 4.78 is 0. The first-order valence-electron chi connectivity index (χ1n) is 7.24. The Hall–Kier alpha value is -1.62. The van der Waals surface area contributed by atoms with Gasteiger partial charge in [-0.1, -0.05) is 0 Å². The number of rotatable bonds is 5. The minimum Gasteiger partial charge on any atom is -0.396 e. The highest BCUT2D eigenvalue weighted by Crippen LogP contribution is 2.32. The monoisotopic (exact) mass is 276 g/mol. The molecule has 1 aromatic rings. The molecule has 0 radical (unpaired) electrons. The molecule has 0 bridgehead atoms. The molecule has 1 unspecified atom stereocenters. The quantitative estimate of drug-likeness (QED) is 0.564. The van der Waals surface area contributed by atoms with Gasteiger partial charge in [-0.15, -0.1) is 0 Å². The van der Waals surface area contributed by atoms with E-state index in [0.717, 1.165) is 54.9 Å². The molecule has 0 aromatic carbocycles. The number of nitrogens with zero attached hydrogens (tertiary/aromatic N) is 2. The van der Waals surface area contributed by atoms with Gasteiger partial charge in [0.15, 0.2) is 0 Å². The first kappa shape index (κ1) is 14.8. The number of aliphatic hydroxyl groups excluding tert-OH is 1. The van der Waals surface area contributed by atoms with Crippen LogP contribution in [0.3, 0.4) is 0 Å². The smallest absolute Gasteiger partial charge is 0.126 e. The van der Waals surface area contributed by atoms with E-state index in [1.807, 2.05) is 19.9 Å². The van der Waals surface area contributed by atoms with Crippen LogP contribution in [0.4, 0.5) is 5.69 Å². The maximum atomic E-state index is 9.03. The Morgan fingerprint density at radius 3 is 2.95 bits per heavy atom. The van der Waals surface area contributed by atoms with Crippen molar-refractivity contribution in [3.63, 3.8) is 0 Å². The molecule has 110 valence electrons. The predicted molar refractivity (Wildman–Crippen MR) is 81.4 cm³/mol. The molecule has 4 N–H and O–H groups in total. The van der Waals surface area contributed by atoms with Crippen LogP contribution in [0.15, 0.2) is 6.07 Å². The van der Waals surface area contributed by atoms with Gasteiger partial charge in [0.25, 0.3) is 0 Å². The van der Waals surface area contributed by atoms with Gasteiger partial charge in [0.05, 0.1) is 16.9 Å². The highest BCUT2D eigenvalue weighted by Gasteiger charge is 2.27. The molecule has 20 heavy (non-hydrogen) atoms. The Morgan fingerprint density at radius 2 is 2.30 bits per heavy atom. The molecule has 0 spiro atoms. The van der Waals surface area contributed by atoms with Crippen molar-refractivity contribution in [2.24, 2.45) is 5.73 Å². The summed E-state index contributed by atoms with van der Waals surface area (Å²) >= 11 is 0. The molecule has 5 heteroatoms. The minimum atomic E-state index is 0.0813. The number of hydrogen-bond donors (Lipinski definition) is 3. The van der Waals surface area contributed by atoms with Crippen molar-refractivity contribution in [1.82, 2.24) is 4.98 Å². The summed E-state index contributed by atoms with van der Waals surface area (Å²) in [6, 6.07) is 2.46. The average molecular weight is 276 g/mol. The van der Waals surface area contributed by atoms with Crippen LogP contribution in [-0.2, 0) is 0 Å². The van der Waals surface area contributed by atoms with Crippen LogP contribution in [0, 0.1) is 19.3 Å². The summed E-state index contributed by atoms with van der Waals surface area (Å²) in [5.41, 5.74) is 9.32. The molecule has 5 nitrogen and oxygen atoms in total. The maximum Gasteiger partial charge on any atom is 0.126 e. The molecular weight excluding hydrogens is 252 g/mol. The van der Waals surface area contributed by atoms with Crippen LogP contribution >= 0.6 is 0 Å². The maximum absolute atomic E-state index is 9.03. The average Bonchev–Trinajstić information content (AvgIpc) is 2.82. The summed E-state index contributed by atoms with van der Waals surface area (Å²) in [5.74, 6) is 0.0813. The van der Waals surface area contributed by atoms with E-state index in [0.29, 0.717) is 6.04 Å². The van der Waals surface area contributed by atoms with Crippen molar-refractivity contribution in [2.45, 2.75) is 45.6 Å². The number of anilines is 1. The first-order valence-corrected chi connectivity index (χ1v) is 7.24. The fourth-order valence-corrected chi connectivity index (χ4v) is 3.15. The molecular formula is C15H24N4O. The van der Waals surface area contributed by atoms with Gasteiger partial charge in [-0.3, -0.25) is 10.4 Å². The SMILES string of the molecule is Cc1cc(N2CCCC2CCCO)c(C(=N)N)c(C)n1. The number of aryl methyl sites for hydroxylation is 2. The zero-order valence-corrected chi connectivity index (χ0v) is 12.3. The van der Waals surface area contributed by atoms with Crippen LogP contribution in [-0.4, -0.2) is 35.1 Å². The number of pyridine rings is 1. The molecule has 0 amide bonds. The number of nitrogens with two attached hydrogens (primary N) is 1. The molecule has 2 rings (SSSR count).